The normalized spacial score (nSPS) is 10.3. The van der Waals surface area contributed by atoms with Gasteiger partial charge in [-0.05, 0) is 23.3 Å². The van der Waals surface area contributed by atoms with E-state index in [4.69, 9.17) is 4.74 Å². The van der Waals surface area contributed by atoms with Crippen LogP contribution in [0.25, 0.3) is 0 Å². The Morgan fingerprint density at radius 2 is 1.73 bits per heavy atom. The highest BCUT2D eigenvalue weighted by Gasteiger charge is 2.05. The quantitative estimate of drug-likeness (QED) is 0.806. The number of nitrogens with zero attached hydrogens (tertiary/aromatic N) is 1. The standard InChI is InChI=1S/C17H21N3O2/c1-20(13-15-6-4-3-5-7-15)19-17(21)18-12-14-8-10-16(22-2)11-9-14/h3-11H,12-13H2,1-2H3,(H2,18,19,21). The zero-order valence-corrected chi connectivity index (χ0v) is 12.9. The summed E-state index contributed by atoms with van der Waals surface area (Å²) in [7, 11) is 3.46. The molecule has 0 aliphatic heterocycles. The van der Waals surface area contributed by atoms with Crippen LogP contribution in [0.4, 0.5) is 4.79 Å². The van der Waals surface area contributed by atoms with E-state index in [1.54, 1.807) is 12.1 Å². The molecular formula is C17H21N3O2. The van der Waals surface area contributed by atoms with E-state index in [0.29, 0.717) is 13.1 Å². The van der Waals surface area contributed by atoms with E-state index in [1.165, 1.54) is 0 Å². The van der Waals surface area contributed by atoms with Crippen LogP contribution in [-0.2, 0) is 13.1 Å². The SMILES string of the molecule is COc1ccc(CNC(=O)NN(C)Cc2ccccc2)cc1. The van der Waals surface area contributed by atoms with Gasteiger partial charge < -0.3 is 10.1 Å². The molecule has 2 N–H and O–H groups in total. The highest BCUT2D eigenvalue weighted by atomic mass is 16.5. The van der Waals surface area contributed by atoms with Gasteiger partial charge in [-0.2, -0.15) is 0 Å². The highest BCUT2D eigenvalue weighted by molar-refractivity contribution is 5.73. The van der Waals surface area contributed by atoms with Gasteiger partial charge in [0, 0.05) is 20.1 Å². The summed E-state index contributed by atoms with van der Waals surface area (Å²) < 4.78 is 5.10. The van der Waals surface area contributed by atoms with Crippen molar-refractivity contribution in [1.29, 1.82) is 0 Å². The molecule has 0 aliphatic rings. The number of rotatable bonds is 6. The fourth-order valence-corrected chi connectivity index (χ4v) is 2.04. The number of methoxy groups -OCH3 is 1. The van der Waals surface area contributed by atoms with Crippen molar-refractivity contribution in [2.45, 2.75) is 13.1 Å². The number of ether oxygens (including phenoxy) is 1. The van der Waals surface area contributed by atoms with Crippen molar-refractivity contribution in [2.75, 3.05) is 14.2 Å². The summed E-state index contributed by atoms with van der Waals surface area (Å²) in [5.41, 5.74) is 4.93. The van der Waals surface area contributed by atoms with E-state index in [1.807, 2.05) is 61.6 Å². The zero-order chi connectivity index (χ0) is 15.8. The molecule has 0 aromatic heterocycles. The molecule has 0 spiro atoms. The van der Waals surface area contributed by atoms with Crippen molar-refractivity contribution in [1.82, 2.24) is 15.8 Å². The van der Waals surface area contributed by atoms with E-state index in [9.17, 15) is 4.79 Å². The Morgan fingerprint density at radius 3 is 2.36 bits per heavy atom. The lowest BCUT2D eigenvalue weighted by Crippen LogP contribution is -2.44. The third-order valence-corrected chi connectivity index (χ3v) is 3.17. The fraction of sp³-hybridized carbons (Fsp3) is 0.235. The van der Waals surface area contributed by atoms with Gasteiger partial charge in [-0.15, -0.1) is 0 Å². The average Bonchev–Trinajstić information content (AvgIpc) is 2.54. The van der Waals surface area contributed by atoms with Crippen molar-refractivity contribution in [3.63, 3.8) is 0 Å². The second-order valence-corrected chi connectivity index (χ2v) is 4.98. The van der Waals surface area contributed by atoms with Crippen LogP contribution in [0, 0.1) is 0 Å². The Kier molecular flexibility index (Phi) is 5.80. The average molecular weight is 299 g/mol. The summed E-state index contributed by atoms with van der Waals surface area (Å²) >= 11 is 0. The van der Waals surface area contributed by atoms with E-state index in [2.05, 4.69) is 10.7 Å². The largest absolute Gasteiger partial charge is 0.497 e. The predicted octanol–water partition coefficient (Wildman–Crippen LogP) is 2.54. The molecule has 0 fully saturated rings. The number of benzene rings is 2. The maximum Gasteiger partial charge on any atom is 0.329 e. The monoisotopic (exact) mass is 299 g/mol. The van der Waals surface area contributed by atoms with Crippen molar-refractivity contribution < 1.29 is 9.53 Å². The molecule has 0 aliphatic carbocycles. The third kappa shape index (κ3) is 5.10. The van der Waals surface area contributed by atoms with Gasteiger partial charge in [-0.25, -0.2) is 9.80 Å². The Balaban J connectivity index is 1.75. The van der Waals surface area contributed by atoms with E-state index in [0.717, 1.165) is 16.9 Å². The molecule has 0 saturated carbocycles. The van der Waals surface area contributed by atoms with Gasteiger partial charge in [-0.1, -0.05) is 42.5 Å². The first-order valence-corrected chi connectivity index (χ1v) is 7.10. The molecular weight excluding hydrogens is 278 g/mol. The van der Waals surface area contributed by atoms with Gasteiger partial charge in [0.05, 0.1) is 7.11 Å². The number of hydrogen-bond donors (Lipinski definition) is 2. The molecule has 22 heavy (non-hydrogen) atoms. The molecule has 5 nitrogen and oxygen atoms in total. The zero-order valence-electron chi connectivity index (χ0n) is 12.9. The van der Waals surface area contributed by atoms with Crippen LogP contribution in [0.3, 0.4) is 0 Å². The lowest BCUT2D eigenvalue weighted by atomic mass is 10.2. The van der Waals surface area contributed by atoms with Gasteiger partial charge in [0.15, 0.2) is 0 Å². The third-order valence-electron chi connectivity index (χ3n) is 3.17. The summed E-state index contributed by atoms with van der Waals surface area (Å²) in [6.07, 6.45) is 0. The van der Waals surface area contributed by atoms with Crippen LogP contribution >= 0.6 is 0 Å². The Hall–Kier alpha value is -2.53. The molecule has 2 rings (SSSR count). The van der Waals surface area contributed by atoms with Crippen molar-refractivity contribution >= 4 is 6.03 Å². The number of hydrazine groups is 1. The van der Waals surface area contributed by atoms with Crippen LogP contribution < -0.4 is 15.5 Å². The number of carbonyl (C=O) groups is 1. The smallest absolute Gasteiger partial charge is 0.329 e. The van der Waals surface area contributed by atoms with E-state index in [-0.39, 0.29) is 6.03 Å². The lowest BCUT2D eigenvalue weighted by Gasteiger charge is -2.18. The molecule has 5 heteroatoms. The second-order valence-electron chi connectivity index (χ2n) is 4.98. The molecule has 0 unspecified atom stereocenters. The van der Waals surface area contributed by atoms with E-state index < -0.39 is 0 Å². The van der Waals surface area contributed by atoms with E-state index >= 15 is 0 Å². The first kappa shape index (κ1) is 15.9. The molecule has 0 atom stereocenters. The Bertz CT molecular complexity index is 585. The highest BCUT2D eigenvalue weighted by Crippen LogP contribution is 2.10. The van der Waals surface area contributed by atoms with Gasteiger partial charge >= 0.3 is 6.03 Å². The minimum atomic E-state index is -0.228. The summed E-state index contributed by atoms with van der Waals surface area (Å²) in [5.74, 6) is 0.802. The van der Waals surface area contributed by atoms with Crippen molar-refractivity contribution in [3.05, 3.63) is 65.7 Å². The van der Waals surface area contributed by atoms with Crippen molar-refractivity contribution in [3.8, 4) is 5.75 Å². The molecule has 0 radical (unpaired) electrons. The molecule has 116 valence electrons. The number of nitrogens with one attached hydrogen (secondary N) is 2. The molecule has 0 bridgehead atoms. The summed E-state index contributed by atoms with van der Waals surface area (Å²) in [6.45, 7) is 1.12. The van der Waals surface area contributed by atoms with Gasteiger partial charge in [0.25, 0.3) is 0 Å². The maximum atomic E-state index is 11.9. The van der Waals surface area contributed by atoms with Crippen LogP contribution in [0.5, 0.6) is 5.75 Å². The fourth-order valence-electron chi connectivity index (χ4n) is 2.04. The molecule has 0 heterocycles. The second kappa shape index (κ2) is 8.05. The first-order valence-electron chi connectivity index (χ1n) is 7.10. The number of hydrogen-bond acceptors (Lipinski definition) is 3. The van der Waals surface area contributed by atoms with Crippen LogP contribution in [0.2, 0.25) is 0 Å². The summed E-state index contributed by atoms with van der Waals surface area (Å²) in [4.78, 5) is 11.9. The number of amides is 2. The Labute approximate surface area is 130 Å². The molecule has 2 aromatic rings. The van der Waals surface area contributed by atoms with Gasteiger partial charge in [0.2, 0.25) is 0 Å². The first-order chi connectivity index (χ1) is 10.7. The number of urea groups is 1. The summed E-state index contributed by atoms with van der Waals surface area (Å²) in [6, 6.07) is 17.3. The predicted molar refractivity (Wildman–Crippen MR) is 86.3 cm³/mol. The lowest BCUT2D eigenvalue weighted by molar-refractivity contribution is 0.194. The summed E-state index contributed by atoms with van der Waals surface area (Å²) in [5, 5.41) is 4.57. The van der Waals surface area contributed by atoms with Crippen molar-refractivity contribution in [2.24, 2.45) is 0 Å². The molecule has 0 saturated heterocycles. The molecule has 2 aromatic carbocycles. The van der Waals surface area contributed by atoms with Crippen LogP contribution in [0.1, 0.15) is 11.1 Å². The molecule has 2 amide bonds. The van der Waals surface area contributed by atoms with Gasteiger partial charge in [0.1, 0.15) is 5.75 Å². The number of carbonyl (C=O) groups excluding carboxylic acids is 1. The maximum absolute atomic E-state index is 11.9. The van der Waals surface area contributed by atoms with Gasteiger partial charge in [-0.3, -0.25) is 5.43 Å². The Morgan fingerprint density at radius 1 is 1.05 bits per heavy atom. The van der Waals surface area contributed by atoms with Crippen LogP contribution in [-0.4, -0.2) is 25.2 Å². The van der Waals surface area contributed by atoms with Crippen LogP contribution in [0.15, 0.2) is 54.6 Å². The minimum absolute atomic E-state index is 0.228. The minimum Gasteiger partial charge on any atom is -0.497 e. The topological polar surface area (TPSA) is 53.6 Å².